The fourth-order valence-electron chi connectivity index (χ4n) is 2.11. The van der Waals surface area contributed by atoms with E-state index in [9.17, 15) is 0 Å². The first-order valence-corrected chi connectivity index (χ1v) is 5.81. The highest BCUT2D eigenvalue weighted by atomic mass is 16.5. The van der Waals surface area contributed by atoms with Gasteiger partial charge in [-0.25, -0.2) is 5.43 Å². The highest BCUT2D eigenvalue weighted by Crippen LogP contribution is 2.33. The molecule has 0 aliphatic rings. The van der Waals surface area contributed by atoms with Gasteiger partial charge in [0.2, 0.25) is 0 Å². The summed E-state index contributed by atoms with van der Waals surface area (Å²) in [6.07, 6.45) is 3.31. The van der Waals surface area contributed by atoms with E-state index >= 15 is 0 Å². The molecule has 0 spiro atoms. The van der Waals surface area contributed by atoms with Gasteiger partial charge in [-0.2, -0.15) is 0 Å². The molecule has 0 radical (unpaired) electrons. The molecule has 1 aromatic heterocycles. The molecule has 0 amide bonds. The summed E-state index contributed by atoms with van der Waals surface area (Å²) in [5, 5.41) is 0. The fourth-order valence-corrected chi connectivity index (χ4v) is 2.11. The van der Waals surface area contributed by atoms with Crippen molar-refractivity contribution in [3.8, 4) is 5.75 Å². The summed E-state index contributed by atoms with van der Waals surface area (Å²) in [6, 6.07) is 5.84. The summed E-state index contributed by atoms with van der Waals surface area (Å²) in [7, 11) is 1.67. The molecule has 0 saturated heterocycles. The maximum atomic E-state index is 5.66. The molecule has 0 fully saturated rings. The molecule has 2 aromatic rings. The minimum atomic E-state index is -0.141. The predicted octanol–water partition coefficient (Wildman–Crippen LogP) is 2.46. The molecular formula is C14H18N2O2. The molecule has 3 N–H and O–H groups in total. The van der Waals surface area contributed by atoms with Gasteiger partial charge >= 0.3 is 0 Å². The average molecular weight is 246 g/mol. The Morgan fingerprint density at radius 2 is 2.06 bits per heavy atom. The molecule has 0 aliphatic heterocycles. The van der Waals surface area contributed by atoms with Crippen molar-refractivity contribution in [1.82, 2.24) is 5.43 Å². The number of nitrogens with two attached hydrogens (primary N) is 1. The summed E-state index contributed by atoms with van der Waals surface area (Å²) >= 11 is 0. The van der Waals surface area contributed by atoms with Gasteiger partial charge in [-0.15, -0.1) is 0 Å². The van der Waals surface area contributed by atoms with E-state index in [1.165, 1.54) is 5.56 Å². The quantitative estimate of drug-likeness (QED) is 0.642. The molecule has 0 aliphatic carbocycles. The standard InChI is InChI=1S/C14H18N2O2/c1-9-4-5-12(14(17-3)10(9)2)13(16-15)11-6-7-18-8-11/h4-8,13,16H,15H2,1-3H3. The van der Waals surface area contributed by atoms with Crippen LogP contribution in [0, 0.1) is 13.8 Å². The van der Waals surface area contributed by atoms with Crippen LogP contribution in [0.3, 0.4) is 0 Å². The summed E-state index contributed by atoms with van der Waals surface area (Å²) in [5.74, 6) is 6.52. The number of nitrogens with one attached hydrogen (secondary N) is 1. The number of methoxy groups -OCH3 is 1. The maximum Gasteiger partial charge on any atom is 0.127 e. The Hall–Kier alpha value is -1.78. The van der Waals surface area contributed by atoms with E-state index in [1.54, 1.807) is 19.6 Å². The van der Waals surface area contributed by atoms with Gasteiger partial charge in [0, 0.05) is 11.1 Å². The van der Waals surface area contributed by atoms with Crippen molar-refractivity contribution in [1.29, 1.82) is 0 Å². The maximum absolute atomic E-state index is 5.66. The summed E-state index contributed by atoms with van der Waals surface area (Å²) in [5.41, 5.74) is 7.09. The molecule has 4 nitrogen and oxygen atoms in total. The van der Waals surface area contributed by atoms with Crippen molar-refractivity contribution in [2.45, 2.75) is 19.9 Å². The summed E-state index contributed by atoms with van der Waals surface area (Å²) in [4.78, 5) is 0. The Labute approximate surface area is 107 Å². The van der Waals surface area contributed by atoms with Crippen LogP contribution >= 0.6 is 0 Å². The fraction of sp³-hybridized carbons (Fsp3) is 0.286. The lowest BCUT2D eigenvalue weighted by atomic mass is 9.96. The van der Waals surface area contributed by atoms with E-state index in [0.717, 1.165) is 22.4 Å². The second-order valence-corrected chi connectivity index (χ2v) is 4.29. The first kappa shape index (κ1) is 12.7. The van der Waals surface area contributed by atoms with Crippen LogP contribution in [0.2, 0.25) is 0 Å². The van der Waals surface area contributed by atoms with Crippen molar-refractivity contribution in [3.05, 3.63) is 53.0 Å². The van der Waals surface area contributed by atoms with Gasteiger partial charge in [0.05, 0.1) is 25.7 Å². The van der Waals surface area contributed by atoms with Crippen LogP contribution < -0.4 is 16.0 Å². The van der Waals surface area contributed by atoms with Gasteiger partial charge in [-0.05, 0) is 31.0 Å². The van der Waals surface area contributed by atoms with E-state index in [2.05, 4.69) is 18.4 Å². The molecule has 1 aromatic carbocycles. The van der Waals surface area contributed by atoms with Crippen molar-refractivity contribution < 1.29 is 9.15 Å². The second-order valence-electron chi connectivity index (χ2n) is 4.29. The van der Waals surface area contributed by atoms with Crippen molar-refractivity contribution >= 4 is 0 Å². The van der Waals surface area contributed by atoms with E-state index in [0.29, 0.717) is 0 Å². The molecule has 96 valence electrons. The predicted molar refractivity (Wildman–Crippen MR) is 70.3 cm³/mol. The number of hydrogen-bond acceptors (Lipinski definition) is 4. The topological polar surface area (TPSA) is 60.4 Å². The summed E-state index contributed by atoms with van der Waals surface area (Å²) in [6.45, 7) is 4.10. The van der Waals surface area contributed by atoms with E-state index < -0.39 is 0 Å². The monoisotopic (exact) mass is 246 g/mol. The Kier molecular flexibility index (Phi) is 3.69. The molecule has 1 heterocycles. The molecule has 1 atom stereocenters. The minimum Gasteiger partial charge on any atom is -0.496 e. The zero-order chi connectivity index (χ0) is 13.1. The van der Waals surface area contributed by atoms with Gasteiger partial charge < -0.3 is 9.15 Å². The van der Waals surface area contributed by atoms with Gasteiger partial charge in [0.1, 0.15) is 5.75 Å². The van der Waals surface area contributed by atoms with Gasteiger partial charge in [0.25, 0.3) is 0 Å². The smallest absolute Gasteiger partial charge is 0.127 e. The number of aryl methyl sites for hydroxylation is 1. The van der Waals surface area contributed by atoms with Crippen LogP contribution in [0.15, 0.2) is 35.1 Å². The molecule has 0 saturated carbocycles. The van der Waals surface area contributed by atoms with E-state index in [1.807, 2.05) is 19.1 Å². The highest BCUT2D eigenvalue weighted by molar-refractivity contribution is 5.49. The molecular weight excluding hydrogens is 228 g/mol. The number of furan rings is 1. The third kappa shape index (κ3) is 2.12. The molecule has 18 heavy (non-hydrogen) atoms. The zero-order valence-corrected chi connectivity index (χ0v) is 10.9. The van der Waals surface area contributed by atoms with Crippen molar-refractivity contribution in [2.75, 3.05) is 7.11 Å². The first-order chi connectivity index (χ1) is 8.69. The van der Waals surface area contributed by atoms with Crippen LogP contribution in [-0.4, -0.2) is 7.11 Å². The number of benzene rings is 1. The molecule has 1 unspecified atom stereocenters. The van der Waals surface area contributed by atoms with Crippen LogP contribution in [-0.2, 0) is 0 Å². The van der Waals surface area contributed by atoms with Crippen molar-refractivity contribution in [2.24, 2.45) is 5.84 Å². The lowest BCUT2D eigenvalue weighted by Crippen LogP contribution is -2.29. The number of rotatable bonds is 4. The van der Waals surface area contributed by atoms with Gasteiger partial charge in [-0.1, -0.05) is 12.1 Å². The third-order valence-corrected chi connectivity index (χ3v) is 3.27. The number of hydrogen-bond donors (Lipinski definition) is 2. The molecule has 4 heteroatoms. The zero-order valence-electron chi connectivity index (χ0n) is 10.9. The van der Waals surface area contributed by atoms with E-state index in [4.69, 9.17) is 15.0 Å². The second kappa shape index (κ2) is 5.25. The Morgan fingerprint density at radius 3 is 2.61 bits per heavy atom. The van der Waals surface area contributed by atoms with Gasteiger partial charge in [0.15, 0.2) is 0 Å². The SMILES string of the molecule is COc1c(C(NN)c2ccoc2)ccc(C)c1C. The average Bonchev–Trinajstić information content (AvgIpc) is 2.89. The largest absolute Gasteiger partial charge is 0.496 e. The molecule has 0 bridgehead atoms. The van der Waals surface area contributed by atoms with E-state index in [-0.39, 0.29) is 6.04 Å². The third-order valence-electron chi connectivity index (χ3n) is 3.27. The Balaban J connectivity index is 2.52. The highest BCUT2D eigenvalue weighted by Gasteiger charge is 2.19. The number of ether oxygens (including phenoxy) is 1. The summed E-state index contributed by atoms with van der Waals surface area (Å²) < 4.78 is 10.6. The van der Waals surface area contributed by atoms with Gasteiger partial charge in [-0.3, -0.25) is 5.84 Å². The van der Waals surface area contributed by atoms with Crippen molar-refractivity contribution in [3.63, 3.8) is 0 Å². The Morgan fingerprint density at radius 1 is 1.28 bits per heavy atom. The lowest BCUT2D eigenvalue weighted by molar-refractivity contribution is 0.400. The van der Waals surface area contributed by atoms with Crippen LogP contribution in [0.5, 0.6) is 5.75 Å². The number of hydrazine groups is 1. The first-order valence-electron chi connectivity index (χ1n) is 5.81. The van der Waals surface area contributed by atoms with Crippen LogP contribution in [0.1, 0.15) is 28.3 Å². The Bertz CT molecular complexity index is 521. The van der Waals surface area contributed by atoms with Crippen LogP contribution in [0.4, 0.5) is 0 Å². The van der Waals surface area contributed by atoms with Crippen LogP contribution in [0.25, 0.3) is 0 Å². The lowest BCUT2D eigenvalue weighted by Gasteiger charge is -2.20. The molecule has 2 rings (SSSR count). The minimum absolute atomic E-state index is 0.141. The normalized spacial score (nSPS) is 12.4.